The third-order valence-corrected chi connectivity index (χ3v) is 2.24. The van der Waals surface area contributed by atoms with Crippen LogP contribution < -0.4 is 10.2 Å². The fourth-order valence-electron chi connectivity index (χ4n) is 1.04. The first-order valence-corrected chi connectivity index (χ1v) is 5.94. The van der Waals surface area contributed by atoms with Gasteiger partial charge >= 0.3 is 6.36 Å². The van der Waals surface area contributed by atoms with Crippen LogP contribution >= 0.6 is 11.8 Å². The van der Waals surface area contributed by atoms with Gasteiger partial charge in [-0.3, -0.25) is 4.84 Å². The highest BCUT2D eigenvalue weighted by Gasteiger charge is 2.30. The summed E-state index contributed by atoms with van der Waals surface area (Å²) < 4.78 is 39.5. The average molecular weight is 280 g/mol. The molecule has 0 amide bonds. The number of ether oxygens (including phenoxy) is 1. The van der Waals surface area contributed by atoms with E-state index in [1.165, 1.54) is 43.1 Å². The van der Waals surface area contributed by atoms with Crippen molar-refractivity contribution >= 4 is 22.6 Å². The van der Waals surface area contributed by atoms with E-state index in [9.17, 15) is 13.2 Å². The van der Waals surface area contributed by atoms with Gasteiger partial charge in [-0.1, -0.05) is 11.8 Å². The lowest BCUT2D eigenvalue weighted by molar-refractivity contribution is -0.274. The van der Waals surface area contributed by atoms with Crippen molar-refractivity contribution in [2.75, 3.05) is 13.4 Å². The summed E-state index contributed by atoms with van der Waals surface area (Å²) in [6, 6.07) is 5.21. The Morgan fingerprint density at radius 1 is 1.28 bits per heavy atom. The molecule has 1 rings (SSSR count). The van der Waals surface area contributed by atoms with Gasteiger partial charge in [0.05, 0.1) is 12.8 Å². The molecule has 0 radical (unpaired) electrons. The van der Waals surface area contributed by atoms with Crippen molar-refractivity contribution in [3.63, 3.8) is 0 Å². The molecule has 0 aliphatic rings. The van der Waals surface area contributed by atoms with E-state index in [4.69, 9.17) is 0 Å². The number of halogens is 3. The number of benzene rings is 1. The molecule has 18 heavy (non-hydrogen) atoms. The first-order valence-electron chi connectivity index (χ1n) is 4.72. The van der Waals surface area contributed by atoms with Crippen molar-refractivity contribution < 1.29 is 22.7 Å². The van der Waals surface area contributed by atoms with Gasteiger partial charge in [0.15, 0.2) is 5.17 Å². The van der Waals surface area contributed by atoms with Crippen LogP contribution in [0.4, 0.5) is 18.9 Å². The van der Waals surface area contributed by atoms with Crippen LogP contribution in [0.2, 0.25) is 0 Å². The minimum Gasteiger partial charge on any atom is -0.406 e. The SMILES string of the molecule is CONC(=Nc1ccc(OC(F)(F)F)cc1)SC. The van der Waals surface area contributed by atoms with Gasteiger partial charge in [-0.25, -0.2) is 10.5 Å². The molecule has 0 aliphatic carbocycles. The molecule has 100 valence electrons. The smallest absolute Gasteiger partial charge is 0.406 e. The Labute approximate surface area is 106 Å². The van der Waals surface area contributed by atoms with Crippen LogP contribution in [0.25, 0.3) is 0 Å². The standard InChI is InChI=1S/C10H11F3N2O2S/c1-16-15-9(18-2)14-7-3-5-8(6-4-7)17-10(11,12)13/h3-6H,1-2H3,(H,14,15). The van der Waals surface area contributed by atoms with E-state index < -0.39 is 6.36 Å². The van der Waals surface area contributed by atoms with Gasteiger partial charge in [-0.05, 0) is 30.5 Å². The summed E-state index contributed by atoms with van der Waals surface area (Å²) >= 11 is 1.31. The maximum absolute atomic E-state index is 11.9. The number of alkyl halides is 3. The maximum atomic E-state index is 11.9. The summed E-state index contributed by atoms with van der Waals surface area (Å²) in [5, 5.41) is 0.488. The molecular weight excluding hydrogens is 269 g/mol. The van der Waals surface area contributed by atoms with Crippen LogP contribution in [0.1, 0.15) is 0 Å². The second-order valence-electron chi connectivity index (χ2n) is 2.97. The summed E-state index contributed by atoms with van der Waals surface area (Å²) in [6.07, 6.45) is -2.90. The molecule has 1 N–H and O–H groups in total. The highest BCUT2D eigenvalue weighted by molar-refractivity contribution is 8.13. The second-order valence-corrected chi connectivity index (χ2v) is 3.76. The van der Waals surface area contributed by atoms with Crippen LogP contribution in [-0.2, 0) is 4.84 Å². The highest BCUT2D eigenvalue weighted by Crippen LogP contribution is 2.25. The molecule has 1 aromatic carbocycles. The van der Waals surface area contributed by atoms with Gasteiger partial charge in [0.25, 0.3) is 0 Å². The Kier molecular flexibility index (Phi) is 5.29. The van der Waals surface area contributed by atoms with E-state index in [2.05, 4.69) is 20.0 Å². The molecule has 0 unspecified atom stereocenters. The predicted molar refractivity (Wildman–Crippen MR) is 63.9 cm³/mol. The molecule has 0 aromatic heterocycles. The average Bonchev–Trinajstić information content (AvgIpc) is 2.29. The Morgan fingerprint density at radius 2 is 1.89 bits per heavy atom. The summed E-state index contributed by atoms with van der Waals surface area (Å²) in [5.41, 5.74) is 3.02. The Bertz CT molecular complexity index is 407. The fraction of sp³-hybridized carbons (Fsp3) is 0.300. The third-order valence-electron chi connectivity index (χ3n) is 1.68. The van der Waals surface area contributed by atoms with Crippen LogP contribution in [0.5, 0.6) is 5.75 Å². The van der Waals surface area contributed by atoms with Crippen LogP contribution in [0.15, 0.2) is 29.3 Å². The number of amidine groups is 1. The molecule has 8 heteroatoms. The number of thioether (sulfide) groups is 1. The van der Waals surface area contributed by atoms with Crippen LogP contribution in [0, 0.1) is 0 Å². The van der Waals surface area contributed by atoms with E-state index in [-0.39, 0.29) is 5.75 Å². The van der Waals surface area contributed by atoms with Crippen molar-refractivity contribution in [3.05, 3.63) is 24.3 Å². The number of aliphatic imine (C=N–C) groups is 1. The molecular formula is C10H11F3N2O2S. The van der Waals surface area contributed by atoms with Crippen LogP contribution in [-0.4, -0.2) is 24.9 Å². The number of nitrogens with zero attached hydrogens (tertiary/aromatic N) is 1. The highest BCUT2D eigenvalue weighted by atomic mass is 32.2. The largest absolute Gasteiger partial charge is 0.573 e. The zero-order chi connectivity index (χ0) is 13.6. The zero-order valence-corrected chi connectivity index (χ0v) is 10.4. The van der Waals surface area contributed by atoms with Crippen molar-refractivity contribution in [1.82, 2.24) is 5.48 Å². The zero-order valence-electron chi connectivity index (χ0n) is 9.62. The van der Waals surface area contributed by atoms with Gasteiger partial charge in [-0.2, -0.15) is 0 Å². The number of hydrogen-bond donors (Lipinski definition) is 1. The van der Waals surface area contributed by atoms with E-state index in [0.717, 1.165) is 0 Å². The molecule has 0 spiro atoms. The molecule has 0 aliphatic heterocycles. The van der Waals surface area contributed by atoms with E-state index in [1.54, 1.807) is 6.26 Å². The Balaban J connectivity index is 2.76. The quantitative estimate of drug-likeness (QED) is 0.525. The van der Waals surface area contributed by atoms with Gasteiger partial charge in [0, 0.05) is 0 Å². The Hall–Kier alpha value is -1.41. The van der Waals surface area contributed by atoms with E-state index >= 15 is 0 Å². The molecule has 1 aromatic rings. The summed E-state index contributed by atoms with van der Waals surface area (Å²) in [5.74, 6) is -0.285. The van der Waals surface area contributed by atoms with Crippen molar-refractivity contribution in [1.29, 1.82) is 0 Å². The van der Waals surface area contributed by atoms with Crippen molar-refractivity contribution in [3.8, 4) is 5.75 Å². The number of nitrogens with one attached hydrogen (secondary N) is 1. The molecule has 0 saturated heterocycles. The normalized spacial score (nSPS) is 12.4. The van der Waals surface area contributed by atoms with Crippen molar-refractivity contribution in [2.24, 2.45) is 4.99 Å². The van der Waals surface area contributed by atoms with Gasteiger partial charge in [0.1, 0.15) is 5.75 Å². The fourth-order valence-corrected chi connectivity index (χ4v) is 1.40. The van der Waals surface area contributed by atoms with Crippen LogP contribution in [0.3, 0.4) is 0 Å². The lowest BCUT2D eigenvalue weighted by Crippen LogP contribution is -2.18. The molecule has 0 heterocycles. The van der Waals surface area contributed by atoms with E-state index in [1.807, 2.05) is 0 Å². The molecule has 0 fully saturated rings. The number of hydroxylamine groups is 1. The topological polar surface area (TPSA) is 42.8 Å². The Morgan fingerprint density at radius 3 is 2.33 bits per heavy atom. The summed E-state index contributed by atoms with van der Waals surface area (Å²) in [7, 11) is 1.44. The monoisotopic (exact) mass is 280 g/mol. The third kappa shape index (κ3) is 5.28. The predicted octanol–water partition coefficient (Wildman–Crippen LogP) is 3.09. The minimum absolute atomic E-state index is 0.285. The first kappa shape index (κ1) is 14.7. The first-order chi connectivity index (χ1) is 8.44. The second kappa shape index (κ2) is 6.50. The minimum atomic E-state index is -4.69. The molecule has 0 atom stereocenters. The summed E-state index contributed by atoms with van der Waals surface area (Å²) in [6.45, 7) is 0. The van der Waals surface area contributed by atoms with Gasteiger partial charge < -0.3 is 4.74 Å². The maximum Gasteiger partial charge on any atom is 0.573 e. The molecule has 4 nitrogen and oxygen atoms in total. The van der Waals surface area contributed by atoms with Gasteiger partial charge in [-0.15, -0.1) is 13.2 Å². The number of hydrogen-bond acceptors (Lipinski definition) is 4. The lowest BCUT2D eigenvalue weighted by atomic mass is 10.3. The van der Waals surface area contributed by atoms with Gasteiger partial charge in [0.2, 0.25) is 0 Å². The molecule has 0 saturated carbocycles. The number of rotatable bonds is 3. The molecule has 0 bridgehead atoms. The van der Waals surface area contributed by atoms with Crippen molar-refractivity contribution in [2.45, 2.75) is 6.36 Å². The van der Waals surface area contributed by atoms with E-state index in [0.29, 0.717) is 10.9 Å². The lowest BCUT2D eigenvalue weighted by Gasteiger charge is -2.08. The summed E-state index contributed by atoms with van der Waals surface area (Å²) in [4.78, 5) is 8.79.